The van der Waals surface area contributed by atoms with Gasteiger partial charge in [-0.25, -0.2) is 13.1 Å². The van der Waals surface area contributed by atoms with Crippen molar-refractivity contribution in [2.45, 2.75) is 39.7 Å². The van der Waals surface area contributed by atoms with Gasteiger partial charge in [-0.05, 0) is 18.8 Å². The van der Waals surface area contributed by atoms with E-state index >= 15 is 0 Å². The molecule has 0 aliphatic rings. The Kier molecular flexibility index (Phi) is 6.59. The highest BCUT2D eigenvalue weighted by Crippen LogP contribution is 2.07. The molecule has 0 rings (SSSR count). The highest BCUT2D eigenvalue weighted by molar-refractivity contribution is 7.89. The second-order valence-electron chi connectivity index (χ2n) is 4.14. The van der Waals surface area contributed by atoms with Crippen molar-refractivity contribution in [1.82, 2.24) is 4.72 Å². The van der Waals surface area contributed by atoms with Crippen molar-refractivity contribution in [2.75, 3.05) is 12.9 Å². The van der Waals surface area contributed by atoms with Gasteiger partial charge < -0.3 is 4.74 Å². The van der Waals surface area contributed by atoms with Crippen LogP contribution in [0.15, 0.2) is 0 Å². The molecule has 16 heavy (non-hydrogen) atoms. The lowest BCUT2D eigenvalue weighted by molar-refractivity contribution is -0.143. The molecule has 0 saturated heterocycles. The first-order valence-corrected chi connectivity index (χ1v) is 7.05. The number of hydrogen-bond acceptors (Lipinski definition) is 4. The van der Waals surface area contributed by atoms with Gasteiger partial charge in [-0.1, -0.05) is 20.8 Å². The van der Waals surface area contributed by atoms with E-state index in [1.807, 2.05) is 13.8 Å². The summed E-state index contributed by atoms with van der Waals surface area (Å²) in [7, 11) is -2.13. The highest BCUT2D eigenvalue weighted by Gasteiger charge is 2.25. The fraction of sp³-hybridized carbons (Fsp3) is 0.900. The van der Waals surface area contributed by atoms with Crippen LogP contribution < -0.4 is 4.72 Å². The fourth-order valence-electron chi connectivity index (χ4n) is 1.35. The number of carbonyl (C=O) groups is 1. The van der Waals surface area contributed by atoms with Gasteiger partial charge in [0.2, 0.25) is 10.0 Å². The Morgan fingerprint density at radius 3 is 2.31 bits per heavy atom. The summed E-state index contributed by atoms with van der Waals surface area (Å²) in [5, 5.41) is 0. The van der Waals surface area contributed by atoms with E-state index in [1.54, 1.807) is 6.92 Å². The van der Waals surface area contributed by atoms with Crippen molar-refractivity contribution in [3.63, 3.8) is 0 Å². The monoisotopic (exact) mass is 251 g/mol. The molecular formula is C10H21NO4S. The Morgan fingerprint density at radius 1 is 1.38 bits per heavy atom. The average Bonchev–Trinajstić information content (AvgIpc) is 2.14. The number of nitrogens with one attached hydrogen (secondary N) is 1. The minimum absolute atomic E-state index is 0.0264. The molecule has 0 aromatic rings. The summed E-state index contributed by atoms with van der Waals surface area (Å²) in [6.07, 6.45) is 0.959. The zero-order chi connectivity index (χ0) is 12.8. The molecule has 5 nitrogen and oxygen atoms in total. The topological polar surface area (TPSA) is 72.5 Å². The van der Waals surface area contributed by atoms with E-state index in [0.717, 1.165) is 0 Å². The third-order valence-corrected chi connectivity index (χ3v) is 3.58. The van der Waals surface area contributed by atoms with Crippen molar-refractivity contribution in [2.24, 2.45) is 5.92 Å². The predicted octanol–water partition coefficient (Wildman–Crippen LogP) is 0.903. The quantitative estimate of drug-likeness (QED) is 0.682. The van der Waals surface area contributed by atoms with Crippen LogP contribution in [0.1, 0.15) is 33.6 Å². The van der Waals surface area contributed by atoms with Crippen LogP contribution in [-0.4, -0.2) is 33.3 Å². The van der Waals surface area contributed by atoms with Gasteiger partial charge in [0.1, 0.15) is 6.04 Å². The molecule has 0 amide bonds. The molecule has 0 bridgehead atoms. The van der Waals surface area contributed by atoms with Crippen LogP contribution in [-0.2, 0) is 19.6 Å². The predicted molar refractivity (Wildman–Crippen MR) is 62.5 cm³/mol. The van der Waals surface area contributed by atoms with Gasteiger partial charge in [0, 0.05) is 0 Å². The van der Waals surface area contributed by atoms with E-state index in [2.05, 4.69) is 9.46 Å². The molecule has 1 N–H and O–H groups in total. The van der Waals surface area contributed by atoms with Gasteiger partial charge in [-0.3, -0.25) is 4.79 Å². The molecule has 0 aliphatic heterocycles. The van der Waals surface area contributed by atoms with Crippen LogP contribution in [0, 0.1) is 5.92 Å². The Morgan fingerprint density at radius 2 is 1.94 bits per heavy atom. The Balaban J connectivity index is 4.60. The maximum absolute atomic E-state index is 11.5. The number of rotatable bonds is 7. The van der Waals surface area contributed by atoms with Crippen molar-refractivity contribution in [1.29, 1.82) is 0 Å². The molecule has 0 aromatic carbocycles. The second-order valence-corrected chi connectivity index (χ2v) is 6.02. The molecule has 6 heteroatoms. The van der Waals surface area contributed by atoms with Gasteiger partial charge in [-0.2, -0.15) is 0 Å². The number of methoxy groups -OCH3 is 1. The summed E-state index contributed by atoms with van der Waals surface area (Å²) >= 11 is 0. The van der Waals surface area contributed by atoms with Crippen LogP contribution in [0.3, 0.4) is 0 Å². The van der Waals surface area contributed by atoms with E-state index < -0.39 is 22.0 Å². The molecule has 96 valence electrons. The van der Waals surface area contributed by atoms with Crippen molar-refractivity contribution in [3.05, 3.63) is 0 Å². The lowest BCUT2D eigenvalue weighted by atomic mass is 10.1. The first-order chi connectivity index (χ1) is 7.32. The van der Waals surface area contributed by atoms with Crippen LogP contribution >= 0.6 is 0 Å². The lowest BCUT2D eigenvalue weighted by Crippen LogP contribution is -2.43. The summed E-state index contributed by atoms with van der Waals surface area (Å²) in [6, 6.07) is -0.776. The summed E-state index contributed by atoms with van der Waals surface area (Å²) in [6.45, 7) is 5.61. The molecule has 0 saturated carbocycles. The van der Waals surface area contributed by atoms with Crippen molar-refractivity contribution < 1.29 is 17.9 Å². The summed E-state index contributed by atoms with van der Waals surface area (Å²) in [5.74, 6) is -0.291. The maximum Gasteiger partial charge on any atom is 0.323 e. The zero-order valence-electron chi connectivity index (χ0n) is 10.3. The van der Waals surface area contributed by atoms with Crippen molar-refractivity contribution >= 4 is 16.0 Å². The van der Waals surface area contributed by atoms with E-state index in [1.165, 1.54) is 7.11 Å². The molecule has 0 aromatic heterocycles. The van der Waals surface area contributed by atoms with Crippen LogP contribution in [0.25, 0.3) is 0 Å². The number of sulfonamides is 1. The Hall–Kier alpha value is -0.620. The summed E-state index contributed by atoms with van der Waals surface area (Å²) < 4.78 is 30.0. The molecular weight excluding hydrogens is 230 g/mol. The minimum atomic E-state index is -3.38. The number of ether oxygens (including phenoxy) is 1. The SMILES string of the molecule is CCCS(=O)(=O)NC(CC(C)C)C(=O)OC. The Bertz CT molecular complexity index is 311. The van der Waals surface area contributed by atoms with Crippen LogP contribution in [0.4, 0.5) is 0 Å². The smallest absolute Gasteiger partial charge is 0.323 e. The molecule has 0 fully saturated rings. The molecule has 0 aliphatic carbocycles. The molecule has 0 radical (unpaired) electrons. The van der Waals surface area contributed by atoms with Crippen molar-refractivity contribution in [3.8, 4) is 0 Å². The first-order valence-electron chi connectivity index (χ1n) is 5.40. The number of esters is 1. The molecule has 0 spiro atoms. The first kappa shape index (κ1) is 15.4. The minimum Gasteiger partial charge on any atom is -0.468 e. The van der Waals surface area contributed by atoms with E-state index in [0.29, 0.717) is 12.8 Å². The number of carbonyl (C=O) groups excluding carboxylic acids is 1. The van der Waals surface area contributed by atoms with Gasteiger partial charge >= 0.3 is 5.97 Å². The standard InChI is InChI=1S/C10H21NO4S/c1-5-6-16(13,14)11-9(7-8(2)3)10(12)15-4/h8-9,11H,5-7H2,1-4H3. The van der Waals surface area contributed by atoms with E-state index in [4.69, 9.17) is 0 Å². The molecule has 1 unspecified atom stereocenters. The van der Waals surface area contributed by atoms with Crippen LogP contribution in [0.2, 0.25) is 0 Å². The second kappa shape index (κ2) is 6.85. The normalized spacial score (nSPS) is 13.8. The highest BCUT2D eigenvalue weighted by atomic mass is 32.2. The van der Waals surface area contributed by atoms with E-state index in [9.17, 15) is 13.2 Å². The average molecular weight is 251 g/mol. The molecule has 0 heterocycles. The maximum atomic E-state index is 11.5. The fourth-order valence-corrected chi connectivity index (χ4v) is 2.63. The third kappa shape index (κ3) is 6.07. The van der Waals surface area contributed by atoms with E-state index in [-0.39, 0.29) is 11.7 Å². The third-order valence-electron chi connectivity index (χ3n) is 1.99. The summed E-state index contributed by atoms with van der Waals surface area (Å²) in [4.78, 5) is 11.4. The molecule has 1 atom stereocenters. The lowest BCUT2D eigenvalue weighted by Gasteiger charge is -2.18. The van der Waals surface area contributed by atoms with Gasteiger partial charge in [0.25, 0.3) is 0 Å². The zero-order valence-corrected chi connectivity index (χ0v) is 11.1. The Labute approximate surface area is 97.6 Å². The van der Waals surface area contributed by atoms with Gasteiger partial charge in [0.15, 0.2) is 0 Å². The van der Waals surface area contributed by atoms with Gasteiger partial charge in [-0.15, -0.1) is 0 Å². The number of hydrogen-bond donors (Lipinski definition) is 1. The summed E-state index contributed by atoms with van der Waals surface area (Å²) in [5.41, 5.74) is 0. The van der Waals surface area contributed by atoms with Gasteiger partial charge in [0.05, 0.1) is 12.9 Å². The van der Waals surface area contributed by atoms with Crippen LogP contribution in [0.5, 0.6) is 0 Å². The largest absolute Gasteiger partial charge is 0.468 e.